The van der Waals surface area contributed by atoms with E-state index in [4.69, 9.17) is 21.1 Å². The molecule has 1 unspecified atom stereocenters. The van der Waals surface area contributed by atoms with Gasteiger partial charge in [0.25, 0.3) is 0 Å². The average Bonchev–Trinajstić information content (AvgIpc) is 2.47. The normalized spacial score (nSPS) is 19.1. The largest absolute Gasteiger partial charge is 0.467 e. The fraction of sp³-hybridized carbons (Fsp3) is 0.545. The van der Waals surface area contributed by atoms with Gasteiger partial charge < -0.3 is 19.1 Å². The molecule has 0 spiro atoms. The van der Waals surface area contributed by atoms with E-state index in [0.29, 0.717) is 30.5 Å². The number of aromatic nitrogens is 2. The minimum atomic E-state index is -0.643. The second kappa shape index (κ2) is 6.03. The number of carbonyl (C=O) groups is 1. The second-order valence-electron chi connectivity index (χ2n) is 3.86. The topological polar surface area (TPSA) is 73.8 Å². The van der Waals surface area contributed by atoms with Crippen LogP contribution < -0.4 is 9.64 Å². The average molecular weight is 288 g/mol. The number of rotatable bonds is 3. The lowest BCUT2D eigenvalue weighted by Crippen LogP contribution is -2.47. The van der Waals surface area contributed by atoms with Crippen molar-refractivity contribution in [3.63, 3.8) is 0 Å². The molecule has 0 amide bonds. The van der Waals surface area contributed by atoms with Crippen LogP contribution in [0.5, 0.6) is 6.01 Å². The Hall–Kier alpha value is -1.60. The number of hydrogen-bond donors (Lipinski definition) is 0. The highest BCUT2D eigenvalue weighted by Crippen LogP contribution is 2.26. The number of morpholine rings is 1. The van der Waals surface area contributed by atoms with Gasteiger partial charge in [-0.3, -0.25) is 0 Å². The Morgan fingerprint density at radius 3 is 3.05 bits per heavy atom. The van der Waals surface area contributed by atoms with E-state index in [9.17, 15) is 4.79 Å². The van der Waals surface area contributed by atoms with Crippen LogP contribution in [-0.2, 0) is 14.3 Å². The molecule has 1 aromatic heterocycles. The van der Waals surface area contributed by atoms with Crippen LogP contribution in [0.25, 0.3) is 0 Å². The van der Waals surface area contributed by atoms with Gasteiger partial charge in [-0.1, -0.05) is 11.6 Å². The van der Waals surface area contributed by atoms with Crippen LogP contribution in [0.1, 0.15) is 0 Å². The van der Waals surface area contributed by atoms with Crippen LogP contribution >= 0.6 is 11.6 Å². The minimum absolute atomic E-state index is 0.223. The van der Waals surface area contributed by atoms with Crippen LogP contribution in [0.2, 0.25) is 5.02 Å². The fourth-order valence-electron chi connectivity index (χ4n) is 1.78. The zero-order valence-electron chi connectivity index (χ0n) is 10.6. The number of hydrogen-bond acceptors (Lipinski definition) is 7. The molecule has 2 rings (SSSR count). The number of ether oxygens (including phenoxy) is 3. The Morgan fingerprint density at radius 2 is 2.37 bits per heavy atom. The number of halogens is 1. The summed E-state index contributed by atoms with van der Waals surface area (Å²) in [6.45, 7) is 1.29. The molecule has 7 nitrogen and oxygen atoms in total. The Balaban J connectivity index is 2.19. The number of carbonyl (C=O) groups excluding carboxylic acids is 1. The lowest BCUT2D eigenvalue weighted by Gasteiger charge is -2.32. The molecule has 1 aromatic rings. The Kier molecular flexibility index (Phi) is 4.39. The van der Waals surface area contributed by atoms with Gasteiger partial charge >= 0.3 is 12.0 Å². The molecule has 2 heterocycles. The summed E-state index contributed by atoms with van der Waals surface area (Å²) in [7, 11) is 2.80. The van der Waals surface area contributed by atoms with Gasteiger partial charge in [0.05, 0.1) is 33.6 Å². The molecule has 1 aliphatic rings. The van der Waals surface area contributed by atoms with Crippen molar-refractivity contribution in [1.82, 2.24) is 9.97 Å². The number of anilines is 1. The zero-order chi connectivity index (χ0) is 13.8. The van der Waals surface area contributed by atoms with Gasteiger partial charge in [0.15, 0.2) is 11.9 Å². The Morgan fingerprint density at radius 1 is 1.58 bits per heavy atom. The minimum Gasteiger partial charge on any atom is -0.467 e. The Bertz CT molecular complexity index is 471. The first-order chi connectivity index (χ1) is 9.15. The van der Waals surface area contributed by atoms with E-state index in [1.54, 1.807) is 0 Å². The molecule has 0 bridgehead atoms. The van der Waals surface area contributed by atoms with E-state index in [-0.39, 0.29) is 6.01 Å². The molecule has 1 atom stereocenters. The lowest BCUT2D eigenvalue weighted by atomic mass is 10.2. The zero-order valence-corrected chi connectivity index (χ0v) is 11.4. The quantitative estimate of drug-likeness (QED) is 0.750. The third-order valence-corrected chi connectivity index (χ3v) is 2.98. The molecule has 104 valence electrons. The summed E-state index contributed by atoms with van der Waals surface area (Å²) in [6.07, 6.45) is 0.821. The molecule has 1 saturated heterocycles. The second-order valence-corrected chi connectivity index (χ2v) is 4.26. The summed E-state index contributed by atoms with van der Waals surface area (Å²) in [4.78, 5) is 21.4. The molecule has 0 aromatic carbocycles. The fourth-order valence-corrected chi connectivity index (χ4v) is 1.99. The first-order valence-corrected chi connectivity index (χ1v) is 6.04. The summed E-state index contributed by atoms with van der Waals surface area (Å²) in [5.74, 6) is 0.104. The van der Waals surface area contributed by atoms with Crippen molar-refractivity contribution in [3.05, 3.63) is 11.2 Å². The molecule has 8 heteroatoms. The number of esters is 1. The Labute approximate surface area is 115 Å². The predicted molar refractivity (Wildman–Crippen MR) is 67.6 cm³/mol. The maximum absolute atomic E-state index is 11.5. The molecule has 0 saturated carbocycles. The maximum Gasteiger partial charge on any atom is 0.336 e. The molecular formula is C11H14ClN3O4. The summed E-state index contributed by atoms with van der Waals surface area (Å²) in [5.41, 5.74) is 0. The third kappa shape index (κ3) is 3.05. The summed E-state index contributed by atoms with van der Waals surface area (Å²) < 4.78 is 15.0. The molecule has 0 aliphatic carbocycles. The number of nitrogens with zero attached hydrogens (tertiary/aromatic N) is 3. The van der Waals surface area contributed by atoms with Gasteiger partial charge in [-0.25, -0.2) is 9.78 Å². The van der Waals surface area contributed by atoms with Gasteiger partial charge in [0.2, 0.25) is 0 Å². The molecule has 0 N–H and O–H groups in total. The molecule has 19 heavy (non-hydrogen) atoms. The number of methoxy groups -OCH3 is 2. The van der Waals surface area contributed by atoms with E-state index < -0.39 is 12.1 Å². The van der Waals surface area contributed by atoms with Gasteiger partial charge in [-0.2, -0.15) is 4.98 Å². The summed E-state index contributed by atoms with van der Waals surface area (Å²) in [5, 5.41) is 0.395. The smallest absolute Gasteiger partial charge is 0.336 e. The van der Waals surface area contributed by atoms with Crippen LogP contribution in [0, 0.1) is 0 Å². The van der Waals surface area contributed by atoms with Crippen molar-refractivity contribution in [1.29, 1.82) is 0 Å². The van der Waals surface area contributed by atoms with Crippen molar-refractivity contribution in [2.24, 2.45) is 0 Å². The van der Waals surface area contributed by atoms with Crippen LogP contribution in [0.4, 0.5) is 5.82 Å². The van der Waals surface area contributed by atoms with Gasteiger partial charge in [-0.05, 0) is 0 Å². The van der Waals surface area contributed by atoms with Gasteiger partial charge in [-0.15, -0.1) is 0 Å². The first-order valence-electron chi connectivity index (χ1n) is 5.66. The lowest BCUT2D eigenvalue weighted by molar-refractivity contribution is -0.154. The van der Waals surface area contributed by atoms with Crippen LogP contribution in [-0.4, -0.2) is 56.0 Å². The van der Waals surface area contributed by atoms with Crippen molar-refractivity contribution >= 4 is 23.4 Å². The molecule has 0 radical (unpaired) electrons. The van der Waals surface area contributed by atoms with E-state index in [2.05, 4.69) is 14.7 Å². The van der Waals surface area contributed by atoms with Crippen molar-refractivity contribution in [2.75, 3.05) is 38.8 Å². The molecule has 1 aliphatic heterocycles. The van der Waals surface area contributed by atoms with Crippen LogP contribution in [0.3, 0.4) is 0 Å². The standard InChI is InChI=1S/C11H14ClN3O4/c1-17-10(16)8-6-15(3-4-19-8)9-7(12)5-13-11(14-9)18-2/h5,8H,3-4,6H2,1-2H3. The SMILES string of the molecule is COC(=O)C1CN(c2nc(OC)ncc2Cl)CCO1. The summed E-state index contributed by atoms with van der Waals surface area (Å²) >= 11 is 6.07. The van der Waals surface area contributed by atoms with E-state index in [1.165, 1.54) is 20.4 Å². The van der Waals surface area contributed by atoms with Crippen molar-refractivity contribution < 1.29 is 19.0 Å². The highest BCUT2D eigenvalue weighted by Gasteiger charge is 2.29. The van der Waals surface area contributed by atoms with E-state index >= 15 is 0 Å². The van der Waals surface area contributed by atoms with Crippen molar-refractivity contribution in [2.45, 2.75) is 6.10 Å². The van der Waals surface area contributed by atoms with E-state index in [1.807, 2.05) is 4.90 Å². The molecular weight excluding hydrogens is 274 g/mol. The maximum atomic E-state index is 11.5. The highest BCUT2D eigenvalue weighted by atomic mass is 35.5. The first kappa shape index (κ1) is 13.8. The predicted octanol–water partition coefficient (Wildman–Crippen LogP) is 0.517. The van der Waals surface area contributed by atoms with Crippen LogP contribution in [0.15, 0.2) is 6.20 Å². The highest BCUT2D eigenvalue weighted by molar-refractivity contribution is 6.32. The van der Waals surface area contributed by atoms with Crippen molar-refractivity contribution in [3.8, 4) is 6.01 Å². The monoisotopic (exact) mass is 287 g/mol. The van der Waals surface area contributed by atoms with E-state index in [0.717, 1.165) is 0 Å². The van der Waals surface area contributed by atoms with Gasteiger partial charge in [0.1, 0.15) is 5.02 Å². The third-order valence-electron chi connectivity index (χ3n) is 2.72. The van der Waals surface area contributed by atoms with Gasteiger partial charge in [0, 0.05) is 6.54 Å². The molecule has 1 fully saturated rings. The summed E-state index contributed by atoms with van der Waals surface area (Å²) in [6, 6.07) is 0.223.